The van der Waals surface area contributed by atoms with Crippen molar-refractivity contribution in [3.8, 4) is 17.7 Å². The van der Waals surface area contributed by atoms with Crippen LogP contribution in [0.3, 0.4) is 0 Å². The zero-order valence-electron chi connectivity index (χ0n) is 19.5. The van der Waals surface area contributed by atoms with Crippen molar-refractivity contribution < 1.29 is 27.4 Å². The summed E-state index contributed by atoms with van der Waals surface area (Å²) in [6, 6.07) is 6.81. The lowest BCUT2D eigenvalue weighted by Gasteiger charge is -2.37. The molecule has 2 heterocycles. The average molecular weight is 490 g/mol. The molecule has 1 aromatic carbocycles. The average Bonchev–Trinajstić information content (AvgIpc) is 2.79. The number of nitrogens with zero attached hydrogens (tertiary/aromatic N) is 3. The van der Waals surface area contributed by atoms with E-state index in [0.717, 1.165) is 6.26 Å². The second-order valence-corrected chi connectivity index (χ2v) is 10.6. The van der Waals surface area contributed by atoms with Crippen LogP contribution in [0, 0.1) is 23.6 Å². The number of rotatable bonds is 5. The number of fused-ring (bicyclic) bond motifs is 1. The third-order valence-corrected chi connectivity index (χ3v) is 7.00. The predicted molar refractivity (Wildman–Crippen MR) is 125 cm³/mol. The topological polar surface area (TPSA) is 100 Å². The van der Waals surface area contributed by atoms with E-state index < -0.39 is 22.2 Å². The van der Waals surface area contributed by atoms with Gasteiger partial charge in [-0.2, -0.15) is 0 Å². The zero-order valence-corrected chi connectivity index (χ0v) is 20.3. The molecular formula is C24H28FN3O5S. The van der Waals surface area contributed by atoms with Crippen molar-refractivity contribution >= 4 is 15.9 Å². The highest BCUT2D eigenvalue weighted by molar-refractivity contribution is 7.88. The monoisotopic (exact) mass is 489 g/mol. The van der Waals surface area contributed by atoms with E-state index in [-0.39, 0.29) is 48.8 Å². The molecule has 3 rings (SSSR count). The number of halogens is 1. The third-order valence-electron chi connectivity index (χ3n) is 5.72. The van der Waals surface area contributed by atoms with E-state index in [1.54, 1.807) is 30.0 Å². The Balaban J connectivity index is 2.01. The maximum atomic E-state index is 13.4. The smallest absolute Gasteiger partial charge is 0.259 e. The summed E-state index contributed by atoms with van der Waals surface area (Å²) < 4.78 is 44.3. The summed E-state index contributed by atoms with van der Waals surface area (Å²) in [7, 11) is -1.98. The van der Waals surface area contributed by atoms with Crippen molar-refractivity contribution in [2.24, 2.45) is 5.92 Å². The number of aliphatic hydroxyl groups is 1. The third kappa shape index (κ3) is 6.11. The molecule has 2 aromatic rings. The van der Waals surface area contributed by atoms with Gasteiger partial charge in [-0.25, -0.2) is 22.1 Å². The van der Waals surface area contributed by atoms with Crippen molar-refractivity contribution in [1.82, 2.24) is 14.2 Å². The highest BCUT2D eigenvalue weighted by Crippen LogP contribution is 2.27. The minimum absolute atomic E-state index is 0.0722. The van der Waals surface area contributed by atoms with Crippen LogP contribution >= 0.6 is 0 Å². The van der Waals surface area contributed by atoms with Crippen molar-refractivity contribution in [1.29, 1.82) is 0 Å². The Morgan fingerprint density at radius 3 is 2.56 bits per heavy atom. The fraction of sp³-hybridized carbons (Fsp3) is 0.417. The number of carbonyl (C=O) groups is 1. The largest absolute Gasteiger partial charge is 0.472 e. The van der Waals surface area contributed by atoms with Crippen molar-refractivity contribution in [3.05, 3.63) is 59.0 Å². The number of amides is 1. The Kier molecular flexibility index (Phi) is 7.92. The second-order valence-electron chi connectivity index (χ2n) is 8.50. The second kappa shape index (κ2) is 10.5. The summed E-state index contributed by atoms with van der Waals surface area (Å²) in [6.45, 7) is 3.69. The van der Waals surface area contributed by atoms with Gasteiger partial charge >= 0.3 is 0 Å². The molecule has 0 aliphatic carbocycles. The van der Waals surface area contributed by atoms with Gasteiger partial charge in [0.05, 0.1) is 25.4 Å². The molecule has 0 spiro atoms. The Labute approximate surface area is 199 Å². The molecule has 0 saturated carbocycles. The minimum Gasteiger partial charge on any atom is -0.472 e. The Morgan fingerprint density at radius 2 is 1.94 bits per heavy atom. The summed E-state index contributed by atoms with van der Waals surface area (Å²) in [5.41, 5.74) is 1.23. The molecule has 8 nitrogen and oxygen atoms in total. The zero-order chi connectivity index (χ0) is 25.0. The number of hydrogen-bond acceptors (Lipinski definition) is 6. The van der Waals surface area contributed by atoms with Crippen LogP contribution in [0.5, 0.6) is 5.88 Å². The lowest BCUT2D eigenvalue weighted by molar-refractivity contribution is 0.0373. The molecule has 1 N–H and O–H groups in total. The van der Waals surface area contributed by atoms with Crippen LogP contribution in [-0.4, -0.2) is 78.8 Å². The summed E-state index contributed by atoms with van der Waals surface area (Å²) in [5.74, 6) is 4.93. The Morgan fingerprint density at radius 1 is 1.29 bits per heavy atom. The van der Waals surface area contributed by atoms with E-state index in [0.29, 0.717) is 11.1 Å². The molecule has 1 aromatic heterocycles. The van der Waals surface area contributed by atoms with E-state index >= 15 is 0 Å². The van der Waals surface area contributed by atoms with Gasteiger partial charge in [-0.1, -0.05) is 18.8 Å². The first-order valence-electron chi connectivity index (χ1n) is 10.8. The molecule has 10 heteroatoms. The van der Waals surface area contributed by atoms with Crippen LogP contribution in [0.25, 0.3) is 0 Å². The number of ether oxygens (including phenoxy) is 1. The summed E-state index contributed by atoms with van der Waals surface area (Å²) >= 11 is 0. The first-order chi connectivity index (χ1) is 16.0. The lowest BCUT2D eigenvalue weighted by Crippen LogP contribution is -2.50. The molecule has 34 heavy (non-hydrogen) atoms. The maximum absolute atomic E-state index is 13.4. The van der Waals surface area contributed by atoms with Crippen LogP contribution in [0.1, 0.15) is 35.3 Å². The first kappa shape index (κ1) is 25.6. The number of aromatic nitrogens is 1. The summed E-state index contributed by atoms with van der Waals surface area (Å²) in [5, 5.41) is 9.73. The minimum atomic E-state index is -3.44. The van der Waals surface area contributed by atoms with E-state index in [4.69, 9.17) is 4.74 Å². The number of pyridine rings is 1. The van der Waals surface area contributed by atoms with Gasteiger partial charge in [0.1, 0.15) is 17.5 Å². The van der Waals surface area contributed by atoms with Gasteiger partial charge in [0.25, 0.3) is 5.91 Å². The van der Waals surface area contributed by atoms with Crippen LogP contribution in [0.2, 0.25) is 0 Å². The number of likely N-dealkylation sites (N-methyl/N-ethyl adjacent to an activating group) is 1. The van der Waals surface area contributed by atoms with E-state index in [1.807, 2.05) is 6.92 Å². The molecule has 3 atom stereocenters. The Hall–Kier alpha value is -3.00. The first-order valence-corrected chi connectivity index (χ1v) is 12.6. The number of sulfonamides is 1. The van der Waals surface area contributed by atoms with Gasteiger partial charge in [0.2, 0.25) is 15.9 Å². The molecule has 0 bridgehead atoms. The molecule has 182 valence electrons. The Bertz CT molecular complexity index is 1210. The van der Waals surface area contributed by atoms with Gasteiger partial charge in [-0.15, -0.1) is 0 Å². The highest BCUT2D eigenvalue weighted by atomic mass is 32.2. The van der Waals surface area contributed by atoms with E-state index in [1.165, 1.54) is 29.7 Å². The van der Waals surface area contributed by atoms with Crippen molar-refractivity contribution in [3.63, 3.8) is 0 Å². The summed E-state index contributed by atoms with van der Waals surface area (Å²) in [4.78, 5) is 19.2. The van der Waals surface area contributed by atoms with Gasteiger partial charge in [-0.3, -0.25) is 4.79 Å². The highest BCUT2D eigenvalue weighted by Gasteiger charge is 2.35. The molecule has 1 aliphatic heterocycles. The molecule has 1 amide bonds. The SMILES string of the molecule is C[C@@H]1CN([C@@H](C)CO)C(=O)c2cc(C#Cc3ccc(F)cc3)cnc2O[C@H]1CN(C)S(C)(=O)=O. The number of hydrogen-bond donors (Lipinski definition) is 1. The molecular weight excluding hydrogens is 461 g/mol. The van der Waals surface area contributed by atoms with Crippen molar-refractivity contribution in [2.75, 3.05) is 33.0 Å². The van der Waals surface area contributed by atoms with Crippen LogP contribution < -0.4 is 4.74 Å². The molecule has 0 fully saturated rings. The van der Waals surface area contributed by atoms with Crippen LogP contribution in [0.4, 0.5) is 4.39 Å². The van der Waals surface area contributed by atoms with Crippen LogP contribution in [0.15, 0.2) is 36.5 Å². The fourth-order valence-electron chi connectivity index (χ4n) is 3.45. The number of benzene rings is 1. The van der Waals surface area contributed by atoms with Gasteiger partial charge < -0.3 is 14.7 Å². The lowest BCUT2D eigenvalue weighted by atomic mass is 10.0. The number of aliphatic hydroxyl groups excluding tert-OH is 1. The van der Waals surface area contributed by atoms with E-state index in [2.05, 4.69) is 16.8 Å². The fourth-order valence-corrected chi connectivity index (χ4v) is 3.87. The van der Waals surface area contributed by atoms with Crippen LogP contribution in [-0.2, 0) is 10.0 Å². The molecule has 0 unspecified atom stereocenters. The van der Waals surface area contributed by atoms with Crippen molar-refractivity contribution in [2.45, 2.75) is 26.0 Å². The van der Waals surface area contributed by atoms with Gasteiger partial charge in [-0.05, 0) is 37.3 Å². The van der Waals surface area contributed by atoms with Gasteiger partial charge in [0, 0.05) is 36.8 Å². The predicted octanol–water partition coefficient (Wildman–Crippen LogP) is 1.73. The quantitative estimate of drug-likeness (QED) is 0.643. The molecule has 0 radical (unpaired) electrons. The molecule has 1 aliphatic rings. The standard InChI is InChI=1S/C24H28FN3O5S/c1-16-13-28(17(2)15-29)24(30)21-11-19(6-5-18-7-9-20(25)10-8-18)12-26-23(21)33-22(16)14-27(3)34(4,31)32/h7-12,16-17,22,29H,13-15H2,1-4H3/t16-,17+,22+/m1/s1. The summed E-state index contributed by atoms with van der Waals surface area (Å²) in [6.07, 6.45) is 2.00. The normalized spacial score (nSPS) is 19.4. The van der Waals surface area contributed by atoms with Gasteiger partial charge in [0.15, 0.2) is 0 Å². The maximum Gasteiger partial charge on any atom is 0.259 e. The number of carbonyl (C=O) groups excluding carboxylic acids is 1. The molecule has 0 saturated heterocycles. The van der Waals surface area contributed by atoms with E-state index in [9.17, 15) is 22.7 Å².